The van der Waals surface area contributed by atoms with Gasteiger partial charge in [0.1, 0.15) is 0 Å². The molecule has 2 aromatic rings. The highest BCUT2D eigenvalue weighted by atomic mass is 32.2. The summed E-state index contributed by atoms with van der Waals surface area (Å²) in [5.41, 5.74) is 1.75. The number of rotatable bonds is 4. The first-order valence-electron chi connectivity index (χ1n) is 7.87. The molecule has 0 aliphatic carbocycles. The van der Waals surface area contributed by atoms with Crippen LogP contribution in [-0.4, -0.2) is 44.6 Å². The van der Waals surface area contributed by atoms with Crippen LogP contribution < -0.4 is 0 Å². The molecule has 0 unspecified atom stereocenters. The molecule has 9 heteroatoms. The molecule has 1 aliphatic rings. The third-order valence-electron chi connectivity index (χ3n) is 4.15. The molecule has 2 amide bonds. The SMILES string of the molecule is Cc1ccc(S(=O)(=O)N2CCN(S(=O)(=O)c3ccc(C)cc3)C2=O)cc1. The average Bonchev–Trinajstić information content (AvgIpc) is 2.99. The van der Waals surface area contributed by atoms with Gasteiger partial charge in [-0.1, -0.05) is 35.4 Å². The van der Waals surface area contributed by atoms with Gasteiger partial charge in [-0.25, -0.2) is 30.2 Å². The molecule has 0 atom stereocenters. The monoisotopic (exact) mass is 394 g/mol. The molecule has 138 valence electrons. The van der Waals surface area contributed by atoms with Crippen LogP contribution in [0.4, 0.5) is 4.79 Å². The Morgan fingerprint density at radius 1 is 0.654 bits per heavy atom. The molecule has 1 saturated heterocycles. The second-order valence-electron chi connectivity index (χ2n) is 6.06. The van der Waals surface area contributed by atoms with Gasteiger partial charge in [0.2, 0.25) is 0 Å². The maximum absolute atomic E-state index is 12.7. The quantitative estimate of drug-likeness (QED) is 0.792. The van der Waals surface area contributed by atoms with Gasteiger partial charge in [0.25, 0.3) is 20.0 Å². The van der Waals surface area contributed by atoms with Crippen LogP contribution in [0.25, 0.3) is 0 Å². The van der Waals surface area contributed by atoms with Crippen molar-refractivity contribution >= 4 is 26.1 Å². The summed E-state index contributed by atoms with van der Waals surface area (Å²) in [6, 6.07) is 11.0. The first kappa shape index (κ1) is 18.4. The van der Waals surface area contributed by atoms with Crippen molar-refractivity contribution in [2.75, 3.05) is 13.1 Å². The largest absolute Gasteiger partial charge is 0.348 e. The number of carbonyl (C=O) groups excluding carboxylic acids is 1. The summed E-state index contributed by atoms with van der Waals surface area (Å²) in [5.74, 6) is 0. The minimum absolute atomic E-state index is 0.0500. The van der Waals surface area contributed by atoms with E-state index < -0.39 is 26.1 Å². The fourth-order valence-corrected chi connectivity index (χ4v) is 5.39. The molecule has 0 bridgehead atoms. The molecule has 1 heterocycles. The third kappa shape index (κ3) is 3.08. The molecule has 3 rings (SSSR count). The van der Waals surface area contributed by atoms with Crippen molar-refractivity contribution in [2.45, 2.75) is 23.6 Å². The van der Waals surface area contributed by atoms with E-state index in [0.29, 0.717) is 8.61 Å². The normalized spacial score (nSPS) is 15.5. The Kier molecular flexibility index (Phi) is 4.53. The molecule has 0 spiro atoms. The standard InChI is InChI=1S/C17H18N2O5S2/c1-13-3-7-15(8-4-13)25(21,22)18-11-12-19(17(18)20)26(23,24)16-9-5-14(2)6-10-16/h3-10H,11-12H2,1-2H3. The van der Waals surface area contributed by atoms with Crippen LogP contribution in [0.3, 0.4) is 0 Å². The van der Waals surface area contributed by atoms with E-state index in [9.17, 15) is 21.6 Å². The second-order valence-corrected chi connectivity index (χ2v) is 9.79. The molecule has 1 aliphatic heterocycles. The predicted octanol–water partition coefficient (Wildman–Crippen LogP) is 2.12. The molecule has 0 radical (unpaired) electrons. The Hall–Kier alpha value is -2.39. The van der Waals surface area contributed by atoms with Gasteiger partial charge in [0.05, 0.1) is 22.9 Å². The van der Waals surface area contributed by atoms with Crippen LogP contribution >= 0.6 is 0 Å². The fraction of sp³-hybridized carbons (Fsp3) is 0.235. The van der Waals surface area contributed by atoms with Crippen molar-refractivity contribution in [1.82, 2.24) is 8.61 Å². The van der Waals surface area contributed by atoms with Crippen molar-refractivity contribution in [2.24, 2.45) is 0 Å². The van der Waals surface area contributed by atoms with E-state index in [2.05, 4.69) is 0 Å². The number of sulfonamides is 2. The lowest BCUT2D eigenvalue weighted by Crippen LogP contribution is -2.39. The summed E-state index contributed by atoms with van der Waals surface area (Å²) in [5, 5.41) is 0. The number of hydrogen-bond donors (Lipinski definition) is 0. The number of amides is 2. The number of hydrogen-bond acceptors (Lipinski definition) is 5. The van der Waals surface area contributed by atoms with E-state index in [0.717, 1.165) is 11.1 Å². The van der Waals surface area contributed by atoms with Gasteiger partial charge in [-0.2, -0.15) is 0 Å². The van der Waals surface area contributed by atoms with Crippen molar-refractivity contribution in [3.05, 3.63) is 59.7 Å². The lowest BCUT2D eigenvalue weighted by molar-refractivity contribution is 0.224. The van der Waals surface area contributed by atoms with E-state index in [1.807, 2.05) is 13.8 Å². The lowest BCUT2D eigenvalue weighted by atomic mass is 10.2. The number of urea groups is 1. The van der Waals surface area contributed by atoms with Crippen molar-refractivity contribution in [3.8, 4) is 0 Å². The summed E-state index contributed by atoms with van der Waals surface area (Å²) in [7, 11) is -8.22. The van der Waals surface area contributed by atoms with Crippen molar-refractivity contribution < 1.29 is 21.6 Å². The molecule has 2 aromatic carbocycles. The van der Waals surface area contributed by atoms with E-state index in [-0.39, 0.29) is 22.9 Å². The van der Waals surface area contributed by atoms with Crippen LogP contribution in [0, 0.1) is 13.8 Å². The summed E-state index contributed by atoms with van der Waals surface area (Å²) in [6.07, 6.45) is 0. The minimum Gasteiger partial charge on any atom is -0.246 e. The fourth-order valence-electron chi connectivity index (χ4n) is 2.62. The topological polar surface area (TPSA) is 91.8 Å². The highest BCUT2D eigenvalue weighted by Crippen LogP contribution is 2.26. The van der Waals surface area contributed by atoms with Gasteiger partial charge in [0, 0.05) is 0 Å². The molecule has 0 N–H and O–H groups in total. The number of benzene rings is 2. The minimum atomic E-state index is -4.11. The molecular formula is C17H18N2O5S2. The Morgan fingerprint density at radius 2 is 0.962 bits per heavy atom. The van der Waals surface area contributed by atoms with Crippen LogP contribution in [0.2, 0.25) is 0 Å². The smallest absolute Gasteiger partial charge is 0.246 e. The maximum Gasteiger partial charge on any atom is 0.348 e. The van der Waals surface area contributed by atoms with Crippen molar-refractivity contribution in [3.63, 3.8) is 0 Å². The first-order chi connectivity index (χ1) is 12.1. The second kappa shape index (κ2) is 6.40. The maximum atomic E-state index is 12.7. The van der Waals surface area contributed by atoms with Gasteiger partial charge in [-0.15, -0.1) is 0 Å². The molecular weight excluding hydrogens is 376 g/mol. The summed E-state index contributed by atoms with van der Waals surface area (Å²) < 4.78 is 52.0. The zero-order valence-electron chi connectivity index (χ0n) is 14.3. The number of nitrogens with zero attached hydrogens (tertiary/aromatic N) is 2. The Balaban J connectivity index is 1.92. The van der Waals surface area contributed by atoms with Gasteiger partial charge in [-0.05, 0) is 38.1 Å². The number of carbonyl (C=O) groups is 1. The van der Waals surface area contributed by atoms with Gasteiger partial charge in [0.15, 0.2) is 0 Å². The van der Waals surface area contributed by atoms with Gasteiger partial charge >= 0.3 is 6.03 Å². The summed E-state index contributed by atoms with van der Waals surface area (Å²) in [4.78, 5) is 12.5. The van der Waals surface area contributed by atoms with Crippen LogP contribution in [0.5, 0.6) is 0 Å². The highest BCUT2D eigenvalue weighted by molar-refractivity contribution is 7.91. The summed E-state index contributed by atoms with van der Waals surface area (Å²) >= 11 is 0. The zero-order chi connectivity index (χ0) is 19.1. The van der Waals surface area contributed by atoms with E-state index in [1.165, 1.54) is 24.3 Å². The Bertz CT molecular complexity index is 958. The van der Waals surface area contributed by atoms with Crippen LogP contribution in [0.1, 0.15) is 11.1 Å². The van der Waals surface area contributed by atoms with E-state index in [1.54, 1.807) is 24.3 Å². The van der Waals surface area contributed by atoms with Crippen LogP contribution in [-0.2, 0) is 20.0 Å². The highest BCUT2D eigenvalue weighted by Gasteiger charge is 2.43. The average molecular weight is 394 g/mol. The Morgan fingerprint density at radius 3 is 1.27 bits per heavy atom. The van der Waals surface area contributed by atoms with E-state index >= 15 is 0 Å². The predicted molar refractivity (Wildman–Crippen MR) is 95.5 cm³/mol. The lowest BCUT2D eigenvalue weighted by Gasteiger charge is -2.19. The van der Waals surface area contributed by atoms with E-state index in [4.69, 9.17) is 0 Å². The molecule has 0 saturated carbocycles. The first-order valence-corrected chi connectivity index (χ1v) is 10.7. The molecule has 26 heavy (non-hydrogen) atoms. The summed E-state index contributed by atoms with van der Waals surface area (Å²) in [6.45, 7) is 3.18. The van der Waals surface area contributed by atoms with Crippen molar-refractivity contribution in [1.29, 1.82) is 0 Å². The molecule has 0 aromatic heterocycles. The zero-order valence-corrected chi connectivity index (χ0v) is 15.9. The van der Waals surface area contributed by atoms with Gasteiger partial charge < -0.3 is 0 Å². The molecule has 7 nitrogen and oxygen atoms in total. The third-order valence-corrected chi connectivity index (χ3v) is 7.72. The van der Waals surface area contributed by atoms with Crippen LogP contribution in [0.15, 0.2) is 58.3 Å². The van der Waals surface area contributed by atoms with Gasteiger partial charge in [-0.3, -0.25) is 0 Å². The molecule has 1 fully saturated rings. The number of aryl methyl sites for hydroxylation is 2. The Labute approximate surface area is 153 Å².